The van der Waals surface area contributed by atoms with Crippen molar-refractivity contribution in [1.29, 1.82) is 0 Å². The van der Waals surface area contributed by atoms with Crippen LogP contribution in [0.15, 0.2) is 58.7 Å². The highest BCUT2D eigenvalue weighted by atomic mass is 79.9. The number of carboxylic acids is 1. The highest BCUT2D eigenvalue weighted by Crippen LogP contribution is 2.39. The summed E-state index contributed by atoms with van der Waals surface area (Å²) in [5.74, 6) is -3.03. The number of nitrogens with zero attached hydrogens (tertiary/aromatic N) is 3. The van der Waals surface area contributed by atoms with Crippen molar-refractivity contribution < 1.29 is 34.2 Å². The van der Waals surface area contributed by atoms with Crippen LogP contribution in [0.1, 0.15) is 52.5 Å². The predicted molar refractivity (Wildman–Crippen MR) is 153 cm³/mol. The third-order valence-electron chi connectivity index (χ3n) is 7.02. The maximum atomic E-state index is 13.0. The Morgan fingerprint density at radius 1 is 1.12 bits per heavy atom. The van der Waals surface area contributed by atoms with Crippen LogP contribution >= 0.6 is 15.9 Å². The lowest BCUT2D eigenvalue weighted by Crippen LogP contribution is -2.50. The van der Waals surface area contributed by atoms with E-state index in [1.54, 1.807) is 48.2 Å². The van der Waals surface area contributed by atoms with Crippen molar-refractivity contribution in [1.82, 2.24) is 10.2 Å². The summed E-state index contributed by atoms with van der Waals surface area (Å²) in [6, 6.07) is 13.5. The number of carbonyl (C=O) groups excluding carboxylic acids is 3. The van der Waals surface area contributed by atoms with E-state index < -0.39 is 35.0 Å². The monoisotopic (exact) mass is 627 g/mol. The Kier molecular flexibility index (Phi) is 9.50. The van der Waals surface area contributed by atoms with Crippen molar-refractivity contribution >= 4 is 56.7 Å². The van der Waals surface area contributed by atoms with Crippen LogP contribution in [-0.4, -0.2) is 75.7 Å². The lowest BCUT2D eigenvalue weighted by Gasteiger charge is -2.34. The number of halogens is 1. The highest BCUT2D eigenvalue weighted by Gasteiger charge is 2.35. The molecular weight excluding hydrogens is 598 g/mol. The van der Waals surface area contributed by atoms with E-state index in [2.05, 4.69) is 31.4 Å². The smallest absolute Gasteiger partial charge is 0.354 e. The van der Waals surface area contributed by atoms with Crippen LogP contribution in [0.5, 0.6) is 0 Å². The number of likely N-dealkylation sites (tertiary alicyclic amines) is 1. The molecule has 0 radical (unpaired) electrons. The molecule has 1 fully saturated rings. The summed E-state index contributed by atoms with van der Waals surface area (Å²) < 4.78 is 5.71. The summed E-state index contributed by atoms with van der Waals surface area (Å²) in [5, 5.41) is 23.8. The SMILES string of the molecule is CC(CC(=O)c1ccc(/C(N)=N/O)cc1)C(=O)N1CCC(O[C@H](NC(=O)C2=Nc3ccccc3C2Br)C(=O)O)CC1. The number of nitrogens with two attached hydrogens (primary N) is 1. The fraction of sp³-hybridized carbons (Fsp3) is 0.357. The Morgan fingerprint density at radius 2 is 1.76 bits per heavy atom. The number of benzene rings is 2. The summed E-state index contributed by atoms with van der Waals surface area (Å²) in [6.07, 6.45) is -1.33. The minimum atomic E-state index is -1.58. The number of ether oxygens (including phenoxy) is 1. The van der Waals surface area contributed by atoms with Crippen molar-refractivity contribution in [3.05, 3.63) is 65.2 Å². The molecule has 5 N–H and O–H groups in total. The molecule has 0 saturated carbocycles. The topological polar surface area (TPSA) is 184 Å². The number of aliphatic carboxylic acids is 1. The first kappa shape index (κ1) is 29.9. The fourth-order valence-electron chi connectivity index (χ4n) is 4.73. The van der Waals surface area contributed by atoms with Gasteiger partial charge in [0.1, 0.15) is 5.71 Å². The standard InChI is InChI=1S/C28H30BrN5O7/c1-15(14-21(35)16-6-8-17(9-7-16)24(30)33-40)27(37)34-12-10-18(11-13-34)41-26(28(38)39)32-25(36)23-22(29)19-4-2-3-5-20(19)31-23/h2-9,15,18,22,26,40H,10-14H2,1H3,(H2,30,33)(H,32,36)(H,38,39)/t15?,22?,26-/m0/s1. The van der Waals surface area contributed by atoms with Crippen LogP contribution in [-0.2, 0) is 19.1 Å². The van der Waals surface area contributed by atoms with Gasteiger partial charge in [0, 0.05) is 36.6 Å². The van der Waals surface area contributed by atoms with Gasteiger partial charge < -0.3 is 31.0 Å². The van der Waals surface area contributed by atoms with Crippen molar-refractivity contribution in [2.24, 2.45) is 21.8 Å². The molecule has 2 aromatic carbocycles. The van der Waals surface area contributed by atoms with Crippen molar-refractivity contribution in [2.45, 2.75) is 43.3 Å². The Labute approximate surface area is 244 Å². The molecule has 41 heavy (non-hydrogen) atoms. The van der Waals surface area contributed by atoms with E-state index in [4.69, 9.17) is 15.7 Å². The Hall–Kier alpha value is -4.10. The number of hydrogen-bond acceptors (Lipinski definition) is 8. The van der Waals surface area contributed by atoms with Gasteiger partial charge >= 0.3 is 5.97 Å². The third kappa shape index (κ3) is 6.98. The number of piperidine rings is 1. The summed E-state index contributed by atoms with van der Waals surface area (Å²) in [6.45, 7) is 2.33. The molecular formula is C28H30BrN5O7. The molecule has 2 amide bonds. The number of oxime groups is 1. The van der Waals surface area contributed by atoms with Crippen LogP contribution in [0.25, 0.3) is 0 Å². The van der Waals surface area contributed by atoms with Gasteiger partial charge in [0.25, 0.3) is 5.91 Å². The number of Topliss-reactive ketones (excluding diaryl/α,β-unsaturated/α-hetero) is 1. The number of nitrogens with one attached hydrogen (secondary N) is 1. The number of para-hydroxylation sites is 1. The van der Waals surface area contributed by atoms with E-state index in [-0.39, 0.29) is 29.7 Å². The number of hydrogen-bond donors (Lipinski definition) is 4. The van der Waals surface area contributed by atoms with E-state index in [9.17, 15) is 24.3 Å². The number of carbonyl (C=O) groups is 4. The number of aliphatic imine (C=N–C) groups is 1. The number of amidine groups is 1. The van der Waals surface area contributed by atoms with Gasteiger partial charge in [-0.2, -0.15) is 0 Å². The average Bonchev–Trinajstić information content (AvgIpc) is 3.32. The van der Waals surface area contributed by atoms with Crippen LogP contribution < -0.4 is 11.1 Å². The van der Waals surface area contributed by atoms with Crippen LogP contribution in [0.2, 0.25) is 0 Å². The predicted octanol–water partition coefficient (Wildman–Crippen LogP) is 2.75. The Balaban J connectivity index is 1.27. The van der Waals surface area contributed by atoms with Crippen LogP contribution in [0.4, 0.5) is 5.69 Å². The van der Waals surface area contributed by atoms with Crippen molar-refractivity contribution in [3.8, 4) is 0 Å². The van der Waals surface area contributed by atoms with E-state index >= 15 is 0 Å². The largest absolute Gasteiger partial charge is 0.478 e. The molecule has 216 valence electrons. The van der Waals surface area contributed by atoms with Crippen LogP contribution in [0, 0.1) is 5.92 Å². The summed E-state index contributed by atoms with van der Waals surface area (Å²) in [5.41, 5.74) is 8.01. The number of ketones is 1. The van der Waals surface area contributed by atoms with Crippen molar-refractivity contribution in [2.75, 3.05) is 13.1 Å². The molecule has 0 spiro atoms. The second-order valence-electron chi connectivity index (χ2n) is 9.86. The molecule has 12 nitrogen and oxygen atoms in total. The van der Waals surface area contributed by atoms with E-state index in [1.807, 2.05) is 12.1 Å². The molecule has 0 aromatic heterocycles. The third-order valence-corrected chi connectivity index (χ3v) is 7.94. The molecule has 1 saturated heterocycles. The normalized spacial score (nSPS) is 18.7. The average molecular weight is 628 g/mol. The first-order valence-electron chi connectivity index (χ1n) is 13.0. The zero-order valence-corrected chi connectivity index (χ0v) is 23.8. The molecule has 2 heterocycles. The molecule has 3 atom stereocenters. The maximum absolute atomic E-state index is 13.0. The first-order chi connectivity index (χ1) is 19.6. The molecule has 2 unspecified atom stereocenters. The lowest BCUT2D eigenvalue weighted by molar-refractivity contribution is -0.162. The number of amides is 2. The zero-order valence-electron chi connectivity index (χ0n) is 22.2. The Bertz CT molecular complexity index is 1390. The molecule has 0 bridgehead atoms. The zero-order chi connectivity index (χ0) is 29.7. The highest BCUT2D eigenvalue weighted by molar-refractivity contribution is 9.09. The molecule has 0 aliphatic carbocycles. The second-order valence-corrected chi connectivity index (χ2v) is 10.8. The van der Waals surface area contributed by atoms with Gasteiger partial charge in [0.15, 0.2) is 11.6 Å². The van der Waals surface area contributed by atoms with E-state index in [1.165, 1.54) is 0 Å². The van der Waals surface area contributed by atoms with E-state index in [0.29, 0.717) is 42.7 Å². The fourth-order valence-corrected chi connectivity index (χ4v) is 5.43. The second kappa shape index (κ2) is 13.0. The molecule has 2 aliphatic rings. The summed E-state index contributed by atoms with van der Waals surface area (Å²) in [4.78, 5) is 55.9. The van der Waals surface area contributed by atoms with Gasteiger partial charge in [0.05, 0.1) is 16.6 Å². The van der Waals surface area contributed by atoms with E-state index in [0.717, 1.165) is 5.56 Å². The quantitative estimate of drug-likeness (QED) is 0.0589. The lowest BCUT2D eigenvalue weighted by atomic mass is 9.96. The van der Waals surface area contributed by atoms with Gasteiger partial charge in [0.2, 0.25) is 12.1 Å². The molecule has 2 aromatic rings. The molecule has 4 rings (SSSR count). The number of fused-ring (bicyclic) bond motifs is 1. The van der Waals surface area contributed by atoms with Gasteiger partial charge in [-0.3, -0.25) is 14.4 Å². The van der Waals surface area contributed by atoms with Crippen molar-refractivity contribution in [3.63, 3.8) is 0 Å². The minimum Gasteiger partial charge on any atom is -0.478 e. The van der Waals surface area contributed by atoms with Gasteiger partial charge in [-0.1, -0.05) is 70.5 Å². The number of rotatable bonds is 10. The molecule has 13 heteroatoms. The van der Waals surface area contributed by atoms with Gasteiger partial charge in [-0.15, -0.1) is 0 Å². The Morgan fingerprint density at radius 3 is 2.37 bits per heavy atom. The maximum Gasteiger partial charge on any atom is 0.354 e. The van der Waals surface area contributed by atoms with Gasteiger partial charge in [-0.05, 0) is 24.5 Å². The number of alkyl halides is 1. The first-order valence-corrected chi connectivity index (χ1v) is 13.9. The summed E-state index contributed by atoms with van der Waals surface area (Å²) >= 11 is 3.44. The molecule has 2 aliphatic heterocycles. The summed E-state index contributed by atoms with van der Waals surface area (Å²) in [7, 11) is 0. The number of carboxylic acid groups (broad SMARTS) is 1. The minimum absolute atomic E-state index is 0.00756. The van der Waals surface area contributed by atoms with Crippen LogP contribution in [0.3, 0.4) is 0 Å². The van der Waals surface area contributed by atoms with Gasteiger partial charge in [-0.25, -0.2) is 9.79 Å².